The van der Waals surface area contributed by atoms with Crippen LogP contribution in [-0.2, 0) is 16.3 Å². The molecule has 1 unspecified atom stereocenters. The molecule has 3 aliphatic rings. The second-order valence-electron chi connectivity index (χ2n) is 7.97. The lowest BCUT2D eigenvalue weighted by Gasteiger charge is -2.29. The van der Waals surface area contributed by atoms with Gasteiger partial charge in [0.25, 0.3) is 0 Å². The summed E-state index contributed by atoms with van der Waals surface area (Å²) >= 11 is 1.47. The molecule has 0 saturated carbocycles. The first-order chi connectivity index (χ1) is 15.2. The molecule has 174 valence electrons. The fraction of sp³-hybridized carbons (Fsp3) is 0.476. The highest BCUT2D eigenvalue weighted by Gasteiger charge is 2.50. The number of halogens is 3. The highest BCUT2D eigenvalue weighted by molar-refractivity contribution is 8.03. The molecule has 1 spiro atoms. The minimum Gasteiger partial charge on any atom is -0.489 e. The summed E-state index contributed by atoms with van der Waals surface area (Å²) in [6.07, 6.45) is -0.174. The number of nitrogens with zero attached hydrogens (tertiary/aromatic N) is 2. The highest BCUT2D eigenvalue weighted by Crippen LogP contribution is 2.49. The summed E-state index contributed by atoms with van der Waals surface area (Å²) in [5, 5.41) is 9.93. The Morgan fingerprint density at radius 2 is 2.16 bits per heavy atom. The number of allylic oxidation sites excluding steroid dienone is 1. The number of ether oxygens (including phenoxy) is 1. The van der Waals surface area contributed by atoms with Gasteiger partial charge in [-0.25, -0.2) is 4.79 Å². The molecule has 11 heteroatoms. The molecule has 32 heavy (non-hydrogen) atoms. The number of rotatable bonds is 4. The van der Waals surface area contributed by atoms with Crippen LogP contribution in [0.3, 0.4) is 0 Å². The minimum atomic E-state index is -4.43. The third kappa shape index (κ3) is 3.94. The second kappa shape index (κ2) is 8.34. The Balaban J connectivity index is 1.67. The third-order valence-corrected chi connectivity index (χ3v) is 7.14. The fourth-order valence-electron chi connectivity index (χ4n) is 4.57. The van der Waals surface area contributed by atoms with Gasteiger partial charge in [-0.3, -0.25) is 0 Å². The Morgan fingerprint density at radius 1 is 1.38 bits per heavy atom. The molecule has 7 nitrogen and oxygen atoms in total. The number of carbonyl (C=O) groups is 1. The zero-order valence-electron chi connectivity index (χ0n) is 18.0. The Labute approximate surface area is 189 Å². The molecular formula is C21H26F3N5O2S. The van der Waals surface area contributed by atoms with Crippen molar-refractivity contribution in [3.05, 3.63) is 52.5 Å². The number of thioether (sulfide) groups is 1. The van der Waals surface area contributed by atoms with E-state index in [-0.39, 0.29) is 11.5 Å². The molecule has 1 aromatic carbocycles. The van der Waals surface area contributed by atoms with Crippen molar-refractivity contribution in [1.82, 2.24) is 20.9 Å². The number of benzene rings is 1. The van der Waals surface area contributed by atoms with Gasteiger partial charge in [-0.05, 0) is 54.9 Å². The Hall–Kier alpha value is -2.69. The quantitative estimate of drug-likeness (QED) is 0.629. The number of fused-ring (bicyclic) bond motifs is 2. The molecule has 1 saturated heterocycles. The van der Waals surface area contributed by atoms with Crippen LogP contribution >= 0.6 is 11.8 Å². The zero-order valence-corrected chi connectivity index (χ0v) is 18.9. The number of likely N-dealkylation sites (tertiary alicyclic amines) is 1. The molecule has 0 aromatic heterocycles. The van der Waals surface area contributed by atoms with E-state index >= 15 is 0 Å². The predicted molar refractivity (Wildman–Crippen MR) is 118 cm³/mol. The summed E-state index contributed by atoms with van der Waals surface area (Å²) in [5.74, 6) is 0.775. The average Bonchev–Trinajstić information content (AvgIpc) is 3.49. The molecule has 2 atom stereocenters. The fourth-order valence-corrected chi connectivity index (χ4v) is 5.35. The van der Waals surface area contributed by atoms with Gasteiger partial charge in [-0.15, -0.1) is 0 Å². The molecule has 4 rings (SSSR count). The number of nitrogens with one attached hydrogen (secondary N) is 3. The van der Waals surface area contributed by atoms with Crippen molar-refractivity contribution < 1.29 is 22.7 Å². The summed E-state index contributed by atoms with van der Waals surface area (Å²) < 4.78 is 45.8. The first-order valence-corrected chi connectivity index (χ1v) is 11.1. The summed E-state index contributed by atoms with van der Waals surface area (Å²) in [4.78, 5) is 15.9. The Kier molecular flexibility index (Phi) is 5.87. The van der Waals surface area contributed by atoms with Crippen LogP contribution in [0, 0.1) is 0 Å². The van der Waals surface area contributed by atoms with Crippen LogP contribution in [-0.4, -0.2) is 50.2 Å². The van der Waals surface area contributed by atoms with Crippen LogP contribution < -0.4 is 20.9 Å². The molecule has 1 aromatic rings. The average molecular weight is 470 g/mol. The molecule has 2 amide bonds. The molecule has 0 aliphatic carbocycles. The first-order valence-electron chi connectivity index (χ1n) is 10.3. The topological polar surface area (TPSA) is 68.9 Å². The maximum absolute atomic E-state index is 13.5. The zero-order chi connectivity index (χ0) is 23.1. The van der Waals surface area contributed by atoms with Gasteiger partial charge in [0.1, 0.15) is 5.82 Å². The molecular weight excluding hydrogens is 443 g/mol. The van der Waals surface area contributed by atoms with Gasteiger partial charge in [0.15, 0.2) is 10.6 Å². The predicted octanol–water partition coefficient (Wildman–Crippen LogP) is 3.32. The van der Waals surface area contributed by atoms with Crippen molar-refractivity contribution in [2.45, 2.75) is 30.4 Å². The van der Waals surface area contributed by atoms with Gasteiger partial charge in [-0.2, -0.15) is 13.2 Å². The number of urea groups is 1. The largest absolute Gasteiger partial charge is 0.489 e. The van der Waals surface area contributed by atoms with Crippen LogP contribution in [0.25, 0.3) is 0 Å². The Bertz CT molecular complexity index is 967. The van der Waals surface area contributed by atoms with Crippen molar-refractivity contribution in [3.8, 4) is 0 Å². The maximum Gasteiger partial charge on any atom is 0.416 e. The van der Waals surface area contributed by atoms with Crippen LogP contribution in [0.15, 0.2) is 41.4 Å². The monoisotopic (exact) mass is 469 g/mol. The van der Waals surface area contributed by atoms with Crippen LogP contribution in [0.4, 0.5) is 23.7 Å². The van der Waals surface area contributed by atoms with Gasteiger partial charge in [0.05, 0.1) is 12.7 Å². The van der Waals surface area contributed by atoms with Gasteiger partial charge >= 0.3 is 12.2 Å². The Morgan fingerprint density at radius 3 is 2.78 bits per heavy atom. The number of carbonyl (C=O) groups excluding carboxylic acids is 1. The van der Waals surface area contributed by atoms with Crippen molar-refractivity contribution >= 4 is 23.5 Å². The van der Waals surface area contributed by atoms with E-state index in [4.69, 9.17) is 4.74 Å². The standard InChI is InChI=1S/C21H26F3N5O2S/c1-4-16(27-18-26-10-17(31-3)32-18)29-12-20(7-8-28(11-20)19(30)25-2)14-9-13(21(22,23)24)5-6-15(14)29/h4-6,9-10,18,26-27H,7-8,11-12H2,1-3H3,(H,25,30)/t18?,20-/m0/s1. The van der Waals surface area contributed by atoms with Gasteiger partial charge < -0.3 is 30.5 Å². The van der Waals surface area contributed by atoms with E-state index in [1.165, 1.54) is 23.9 Å². The number of hydrogen-bond donors (Lipinski definition) is 3. The van der Waals surface area contributed by atoms with E-state index in [9.17, 15) is 18.0 Å². The van der Waals surface area contributed by atoms with E-state index in [1.54, 1.807) is 25.3 Å². The van der Waals surface area contributed by atoms with Crippen molar-refractivity contribution in [2.75, 3.05) is 38.7 Å². The first kappa shape index (κ1) is 22.5. The van der Waals surface area contributed by atoms with E-state index in [2.05, 4.69) is 16.0 Å². The summed E-state index contributed by atoms with van der Waals surface area (Å²) in [6, 6.07) is 3.69. The van der Waals surface area contributed by atoms with E-state index in [1.807, 2.05) is 17.9 Å². The molecule has 3 heterocycles. The van der Waals surface area contributed by atoms with E-state index < -0.39 is 17.2 Å². The normalized spacial score (nSPS) is 25.0. The van der Waals surface area contributed by atoms with Crippen LogP contribution in [0.1, 0.15) is 24.5 Å². The lowest BCUT2D eigenvalue weighted by Crippen LogP contribution is -2.44. The molecule has 0 bridgehead atoms. The molecule has 0 radical (unpaired) electrons. The van der Waals surface area contributed by atoms with E-state index in [0.717, 1.165) is 22.7 Å². The van der Waals surface area contributed by atoms with Crippen LogP contribution in [0.5, 0.6) is 0 Å². The maximum atomic E-state index is 13.5. The number of methoxy groups -OCH3 is 1. The van der Waals surface area contributed by atoms with Crippen molar-refractivity contribution in [1.29, 1.82) is 0 Å². The van der Waals surface area contributed by atoms with Crippen molar-refractivity contribution in [2.24, 2.45) is 0 Å². The van der Waals surface area contributed by atoms with Crippen LogP contribution in [0.2, 0.25) is 0 Å². The van der Waals surface area contributed by atoms with Gasteiger partial charge in [0, 0.05) is 44.0 Å². The third-order valence-electron chi connectivity index (χ3n) is 6.13. The smallest absolute Gasteiger partial charge is 0.416 e. The summed E-state index contributed by atoms with van der Waals surface area (Å²) in [7, 11) is 3.15. The number of hydrogen-bond acceptors (Lipinski definition) is 6. The number of anilines is 1. The van der Waals surface area contributed by atoms with Crippen molar-refractivity contribution in [3.63, 3.8) is 0 Å². The molecule has 1 fully saturated rings. The SMILES string of the molecule is CC=C(NC1NC=C(OC)S1)N1C[C@@]2(CCN(C(=O)NC)C2)c2cc(C(F)(F)F)ccc21. The lowest BCUT2D eigenvalue weighted by atomic mass is 9.81. The summed E-state index contributed by atoms with van der Waals surface area (Å²) in [5.41, 5.74) is -0.0714. The summed E-state index contributed by atoms with van der Waals surface area (Å²) in [6.45, 7) is 3.21. The molecule has 3 aliphatic heterocycles. The molecule has 3 N–H and O–H groups in total. The van der Waals surface area contributed by atoms with Gasteiger partial charge in [-0.1, -0.05) is 0 Å². The highest BCUT2D eigenvalue weighted by atomic mass is 32.2. The number of amides is 2. The lowest BCUT2D eigenvalue weighted by molar-refractivity contribution is -0.137. The van der Waals surface area contributed by atoms with Gasteiger partial charge in [0.2, 0.25) is 0 Å². The van der Waals surface area contributed by atoms with E-state index in [0.29, 0.717) is 31.6 Å². The number of alkyl halides is 3. The second-order valence-corrected chi connectivity index (χ2v) is 9.08. The minimum absolute atomic E-state index is 0.170.